The first-order chi connectivity index (χ1) is 18.1. The van der Waals surface area contributed by atoms with E-state index in [-0.39, 0.29) is 55.3 Å². The summed E-state index contributed by atoms with van der Waals surface area (Å²) in [5, 5.41) is 15.6. The topological polar surface area (TPSA) is 111 Å². The molecule has 2 aromatic carbocycles. The van der Waals surface area contributed by atoms with Gasteiger partial charge in [-0.25, -0.2) is 4.79 Å². The molecule has 0 bridgehead atoms. The molecule has 0 fully saturated rings. The van der Waals surface area contributed by atoms with Gasteiger partial charge in [-0.2, -0.15) is 0 Å². The number of carbonyl (C=O) groups excluding carboxylic acids is 3. The zero-order chi connectivity index (χ0) is 27.8. The standard InChI is InChI=1S/C29H40N4O5/c1-19(2)30-29(37)32(5)17-26-20(3)16-33(21(4)18-34)28(36)15-23-14-24(11-12-25(23)38-26)31-27(35)13-22-9-7-6-8-10-22/h6-12,14,19-21,26,34H,13,15-18H2,1-5H3,(H,30,37)(H,31,35)/t20-,21-,26-/m0/s1. The molecule has 0 saturated heterocycles. The molecule has 1 aliphatic heterocycles. The van der Waals surface area contributed by atoms with E-state index in [9.17, 15) is 19.5 Å². The highest BCUT2D eigenvalue weighted by atomic mass is 16.5. The number of ether oxygens (including phenoxy) is 1. The van der Waals surface area contributed by atoms with Crippen LogP contribution in [-0.4, -0.2) is 77.7 Å². The highest BCUT2D eigenvalue weighted by Gasteiger charge is 2.32. The molecule has 1 heterocycles. The minimum atomic E-state index is -0.408. The molecule has 38 heavy (non-hydrogen) atoms. The molecule has 3 atom stereocenters. The van der Waals surface area contributed by atoms with Crippen LogP contribution in [0.15, 0.2) is 48.5 Å². The van der Waals surface area contributed by atoms with E-state index in [1.807, 2.05) is 58.0 Å². The van der Waals surface area contributed by atoms with Crippen LogP contribution in [0.3, 0.4) is 0 Å². The second-order valence-electron chi connectivity index (χ2n) is 10.4. The Bertz CT molecular complexity index is 1110. The lowest BCUT2D eigenvalue weighted by Crippen LogP contribution is -2.49. The number of rotatable bonds is 8. The molecule has 0 aromatic heterocycles. The lowest BCUT2D eigenvalue weighted by atomic mass is 10.0. The van der Waals surface area contributed by atoms with Gasteiger partial charge in [0.15, 0.2) is 0 Å². The zero-order valence-electron chi connectivity index (χ0n) is 22.9. The average Bonchev–Trinajstić information content (AvgIpc) is 2.91. The number of nitrogens with zero attached hydrogens (tertiary/aromatic N) is 2. The maximum atomic E-state index is 13.4. The Morgan fingerprint density at radius 3 is 2.53 bits per heavy atom. The van der Waals surface area contributed by atoms with Crippen LogP contribution in [0.1, 0.15) is 38.8 Å². The van der Waals surface area contributed by atoms with E-state index in [1.54, 1.807) is 35.0 Å². The van der Waals surface area contributed by atoms with Gasteiger partial charge >= 0.3 is 6.03 Å². The summed E-state index contributed by atoms with van der Waals surface area (Å²) in [5.74, 6) is 0.111. The fourth-order valence-electron chi connectivity index (χ4n) is 4.42. The van der Waals surface area contributed by atoms with Crippen molar-refractivity contribution in [3.05, 3.63) is 59.7 Å². The number of amides is 4. The molecule has 4 amide bonds. The van der Waals surface area contributed by atoms with Crippen LogP contribution < -0.4 is 15.4 Å². The van der Waals surface area contributed by atoms with Crippen LogP contribution in [0.25, 0.3) is 0 Å². The largest absolute Gasteiger partial charge is 0.488 e. The summed E-state index contributed by atoms with van der Waals surface area (Å²) >= 11 is 0. The highest BCUT2D eigenvalue weighted by Crippen LogP contribution is 2.29. The molecule has 9 nitrogen and oxygen atoms in total. The number of likely N-dealkylation sites (N-methyl/N-ethyl adjacent to an activating group) is 1. The first kappa shape index (κ1) is 29.0. The van der Waals surface area contributed by atoms with Crippen LogP contribution in [-0.2, 0) is 22.4 Å². The number of anilines is 1. The Hall–Kier alpha value is -3.59. The normalized spacial score (nSPS) is 18.4. The van der Waals surface area contributed by atoms with Gasteiger partial charge in [0.2, 0.25) is 11.8 Å². The van der Waals surface area contributed by atoms with E-state index in [4.69, 9.17) is 4.74 Å². The van der Waals surface area contributed by atoms with Crippen LogP contribution in [0, 0.1) is 5.92 Å². The molecule has 0 radical (unpaired) electrons. The number of fused-ring (bicyclic) bond motifs is 1. The summed E-state index contributed by atoms with van der Waals surface area (Å²) in [4.78, 5) is 41.8. The van der Waals surface area contributed by atoms with Crippen LogP contribution in [0.5, 0.6) is 5.75 Å². The van der Waals surface area contributed by atoms with Gasteiger partial charge in [-0.15, -0.1) is 0 Å². The second-order valence-corrected chi connectivity index (χ2v) is 10.4. The first-order valence-electron chi connectivity index (χ1n) is 13.1. The van der Waals surface area contributed by atoms with Crippen molar-refractivity contribution in [3.63, 3.8) is 0 Å². The molecule has 2 aromatic rings. The molecule has 0 unspecified atom stereocenters. The Morgan fingerprint density at radius 1 is 1.16 bits per heavy atom. The molecular formula is C29H40N4O5. The van der Waals surface area contributed by atoms with E-state index < -0.39 is 6.10 Å². The quantitative estimate of drug-likeness (QED) is 0.492. The lowest BCUT2D eigenvalue weighted by Gasteiger charge is -2.34. The Morgan fingerprint density at radius 2 is 1.87 bits per heavy atom. The van der Waals surface area contributed by atoms with Crippen LogP contribution >= 0.6 is 0 Å². The SMILES string of the molecule is CC(C)NC(=O)N(C)C[C@@H]1Oc2ccc(NC(=O)Cc3ccccc3)cc2CC(=O)N([C@@H](C)CO)C[C@@H]1C. The predicted molar refractivity (Wildman–Crippen MR) is 147 cm³/mol. The predicted octanol–water partition coefficient (Wildman–Crippen LogP) is 3.07. The van der Waals surface area contributed by atoms with E-state index >= 15 is 0 Å². The third-order valence-corrected chi connectivity index (χ3v) is 6.62. The molecule has 0 aliphatic carbocycles. The monoisotopic (exact) mass is 524 g/mol. The van der Waals surface area contributed by atoms with Gasteiger partial charge in [-0.3, -0.25) is 9.59 Å². The molecule has 3 N–H and O–H groups in total. The van der Waals surface area contributed by atoms with Gasteiger partial charge in [0.25, 0.3) is 0 Å². The summed E-state index contributed by atoms with van der Waals surface area (Å²) < 4.78 is 6.44. The van der Waals surface area contributed by atoms with Crippen LogP contribution in [0.4, 0.5) is 10.5 Å². The van der Waals surface area contributed by atoms with Crippen molar-refractivity contribution in [2.75, 3.05) is 32.1 Å². The molecular weight excluding hydrogens is 484 g/mol. The highest BCUT2D eigenvalue weighted by molar-refractivity contribution is 5.92. The number of aliphatic hydroxyl groups is 1. The number of hydrogen-bond donors (Lipinski definition) is 3. The van der Waals surface area contributed by atoms with Crippen molar-refractivity contribution in [2.45, 2.75) is 58.7 Å². The number of hydrogen-bond acceptors (Lipinski definition) is 5. The Kier molecular flexibility index (Phi) is 10.1. The minimum absolute atomic E-state index is 0.00131. The van der Waals surface area contributed by atoms with Crippen molar-refractivity contribution in [1.82, 2.24) is 15.1 Å². The van der Waals surface area contributed by atoms with Crippen molar-refractivity contribution >= 4 is 23.5 Å². The van der Waals surface area contributed by atoms with Gasteiger partial charge in [0, 0.05) is 36.8 Å². The molecule has 1 aliphatic rings. The van der Waals surface area contributed by atoms with E-state index in [2.05, 4.69) is 10.6 Å². The fourth-order valence-corrected chi connectivity index (χ4v) is 4.42. The van der Waals surface area contributed by atoms with Gasteiger partial charge in [-0.05, 0) is 44.5 Å². The van der Waals surface area contributed by atoms with Gasteiger partial charge in [-0.1, -0.05) is 37.3 Å². The maximum absolute atomic E-state index is 13.4. The summed E-state index contributed by atoms with van der Waals surface area (Å²) in [6.45, 7) is 8.11. The second kappa shape index (κ2) is 13.3. The molecule has 0 saturated carbocycles. The van der Waals surface area contributed by atoms with Crippen molar-refractivity contribution < 1.29 is 24.2 Å². The Labute approximate surface area is 225 Å². The minimum Gasteiger partial charge on any atom is -0.488 e. The zero-order valence-corrected chi connectivity index (χ0v) is 22.9. The Balaban J connectivity index is 1.87. The van der Waals surface area contributed by atoms with E-state index in [0.717, 1.165) is 5.56 Å². The van der Waals surface area contributed by atoms with Gasteiger partial charge in [0.1, 0.15) is 11.9 Å². The number of benzene rings is 2. The number of nitrogens with one attached hydrogen (secondary N) is 2. The third-order valence-electron chi connectivity index (χ3n) is 6.62. The van der Waals surface area contributed by atoms with Gasteiger partial charge in [0.05, 0.1) is 32.0 Å². The third kappa shape index (κ3) is 7.95. The number of urea groups is 1. The smallest absolute Gasteiger partial charge is 0.317 e. The summed E-state index contributed by atoms with van der Waals surface area (Å²) in [6.07, 6.45) is -0.112. The average molecular weight is 525 g/mol. The molecule has 0 spiro atoms. The summed E-state index contributed by atoms with van der Waals surface area (Å²) in [6, 6.07) is 14.2. The van der Waals surface area contributed by atoms with Crippen molar-refractivity contribution in [1.29, 1.82) is 0 Å². The van der Waals surface area contributed by atoms with E-state index in [0.29, 0.717) is 30.1 Å². The number of carbonyl (C=O) groups is 3. The lowest BCUT2D eigenvalue weighted by molar-refractivity contribution is -0.134. The van der Waals surface area contributed by atoms with Gasteiger partial charge < -0.3 is 30.3 Å². The first-order valence-corrected chi connectivity index (χ1v) is 13.1. The fraction of sp³-hybridized carbons (Fsp3) is 0.483. The van der Waals surface area contributed by atoms with Crippen LogP contribution in [0.2, 0.25) is 0 Å². The van der Waals surface area contributed by atoms with E-state index in [1.165, 1.54) is 0 Å². The maximum Gasteiger partial charge on any atom is 0.317 e. The molecule has 3 rings (SSSR count). The van der Waals surface area contributed by atoms with Crippen molar-refractivity contribution in [3.8, 4) is 5.75 Å². The number of aliphatic hydroxyl groups excluding tert-OH is 1. The molecule has 9 heteroatoms. The summed E-state index contributed by atoms with van der Waals surface area (Å²) in [5.41, 5.74) is 2.11. The molecule has 206 valence electrons. The summed E-state index contributed by atoms with van der Waals surface area (Å²) in [7, 11) is 1.71. The van der Waals surface area contributed by atoms with Crippen molar-refractivity contribution in [2.24, 2.45) is 5.92 Å².